The van der Waals surface area contributed by atoms with Crippen LogP contribution >= 0.6 is 0 Å². The topological polar surface area (TPSA) is 91.2 Å². The van der Waals surface area contributed by atoms with Crippen LogP contribution in [0.3, 0.4) is 0 Å². The lowest BCUT2D eigenvalue weighted by atomic mass is 9.92. The molecule has 0 saturated heterocycles. The molecule has 6 heteroatoms. The zero-order valence-electron chi connectivity index (χ0n) is 13.5. The highest BCUT2D eigenvalue weighted by molar-refractivity contribution is 5.66. The van der Waals surface area contributed by atoms with Gasteiger partial charge in [-0.3, -0.25) is 4.98 Å². The highest BCUT2D eigenvalue weighted by atomic mass is 16.3. The number of nitrogens with one attached hydrogen (secondary N) is 1. The maximum absolute atomic E-state index is 10.1. The maximum Gasteiger partial charge on any atom is 0.149 e. The van der Waals surface area contributed by atoms with E-state index >= 15 is 0 Å². The second kappa shape index (κ2) is 6.50. The largest absolute Gasteiger partial charge is 0.506 e. The van der Waals surface area contributed by atoms with E-state index in [9.17, 15) is 10.2 Å². The minimum absolute atomic E-state index is 0.0224. The number of hydrogen-bond donors (Lipinski definition) is 3. The van der Waals surface area contributed by atoms with E-state index in [-0.39, 0.29) is 17.9 Å². The van der Waals surface area contributed by atoms with Crippen LogP contribution in [-0.2, 0) is 0 Å². The van der Waals surface area contributed by atoms with Crippen molar-refractivity contribution in [2.45, 2.75) is 51.7 Å². The second-order valence-electron chi connectivity index (χ2n) is 6.24. The van der Waals surface area contributed by atoms with Gasteiger partial charge < -0.3 is 15.5 Å². The van der Waals surface area contributed by atoms with E-state index in [0.29, 0.717) is 17.2 Å². The van der Waals surface area contributed by atoms with Gasteiger partial charge in [0.2, 0.25) is 0 Å². The standard InChI is InChI=1S/C17H22N4O2/c1-10-7-14(23)17(18-9-10)16-11(2)8-15(20-21-16)19-12-5-3-4-6-13(12)22/h7-9,12-13,22-23H,3-6H2,1-2H3,(H,19,20). The normalized spacial score (nSPS) is 21.2. The van der Waals surface area contributed by atoms with Crippen molar-refractivity contribution < 1.29 is 10.2 Å². The van der Waals surface area contributed by atoms with Crippen molar-refractivity contribution in [2.75, 3.05) is 5.32 Å². The highest BCUT2D eigenvalue weighted by Gasteiger charge is 2.23. The van der Waals surface area contributed by atoms with Crippen molar-refractivity contribution in [3.05, 3.63) is 29.5 Å². The van der Waals surface area contributed by atoms with Crippen LogP contribution in [0.5, 0.6) is 5.75 Å². The molecule has 6 nitrogen and oxygen atoms in total. The molecule has 2 aromatic rings. The van der Waals surface area contributed by atoms with Crippen LogP contribution in [0, 0.1) is 13.8 Å². The molecule has 0 amide bonds. The monoisotopic (exact) mass is 314 g/mol. The number of aliphatic hydroxyl groups excluding tert-OH is 1. The smallest absolute Gasteiger partial charge is 0.149 e. The fourth-order valence-corrected chi connectivity index (χ4v) is 3.00. The van der Waals surface area contributed by atoms with E-state index in [4.69, 9.17) is 0 Å². The van der Waals surface area contributed by atoms with Crippen LogP contribution in [0.25, 0.3) is 11.4 Å². The summed E-state index contributed by atoms with van der Waals surface area (Å²) in [5.74, 6) is 0.745. The first-order chi connectivity index (χ1) is 11.0. The minimum atomic E-state index is -0.339. The number of hydrogen-bond acceptors (Lipinski definition) is 6. The summed E-state index contributed by atoms with van der Waals surface area (Å²) in [5, 5.41) is 31.8. The van der Waals surface area contributed by atoms with Gasteiger partial charge in [-0.15, -0.1) is 10.2 Å². The third-order valence-electron chi connectivity index (χ3n) is 4.28. The lowest BCUT2D eigenvalue weighted by Gasteiger charge is -2.28. The number of aryl methyl sites for hydroxylation is 2. The van der Waals surface area contributed by atoms with Gasteiger partial charge in [-0.2, -0.15) is 0 Å². The highest BCUT2D eigenvalue weighted by Crippen LogP contribution is 2.29. The van der Waals surface area contributed by atoms with Gasteiger partial charge in [0.1, 0.15) is 23.0 Å². The summed E-state index contributed by atoms with van der Waals surface area (Å²) in [6.07, 6.45) is 5.30. The lowest BCUT2D eigenvalue weighted by Crippen LogP contribution is -2.36. The molecule has 2 aromatic heterocycles. The Labute approximate surface area is 135 Å². The molecule has 0 aromatic carbocycles. The molecule has 1 saturated carbocycles. The fraction of sp³-hybridized carbons (Fsp3) is 0.471. The lowest BCUT2D eigenvalue weighted by molar-refractivity contribution is 0.116. The predicted octanol–water partition coefficient (Wildman–Crippen LogP) is 2.58. The summed E-state index contributed by atoms with van der Waals surface area (Å²) in [6.45, 7) is 3.78. The number of aliphatic hydroxyl groups is 1. The number of pyridine rings is 1. The summed E-state index contributed by atoms with van der Waals surface area (Å²) in [7, 11) is 0. The average Bonchev–Trinajstić information content (AvgIpc) is 2.51. The summed E-state index contributed by atoms with van der Waals surface area (Å²) in [5.41, 5.74) is 2.77. The van der Waals surface area contributed by atoms with Gasteiger partial charge in [0.05, 0.1) is 12.1 Å². The maximum atomic E-state index is 10.1. The number of nitrogens with zero attached hydrogens (tertiary/aromatic N) is 3. The molecule has 2 unspecified atom stereocenters. The van der Waals surface area contributed by atoms with Crippen LogP contribution in [-0.4, -0.2) is 37.5 Å². The molecule has 0 aliphatic heterocycles. The Morgan fingerprint density at radius 2 is 1.87 bits per heavy atom. The van der Waals surface area contributed by atoms with Gasteiger partial charge in [-0.25, -0.2) is 0 Å². The van der Waals surface area contributed by atoms with Gasteiger partial charge in [0, 0.05) is 6.20 Å². The van der Waals surface area contributed by atoms with Crippen molar-refractivity contribution in [2.24, 2.45) is 0 Å². The average molecular weight is 314 g/mol. The van der Waals surface area contributed by atoms with Crippen molar-refractivity contribution in [3.63, 3.8) is 0 Å². The SMILES string of the molecule is Cc1cnc(-c2nnc(NC3CCCCC3O)cc2C)c(O)c1. The van der Waals surface area contributed by atoms with Crippen molar-refractivity contribution >= 4 is 5.82 Å². The number of rotatable bonds is 3. The van der Waals surface area contributed by atoms with E-state index in [2.05, 4.69) is 20.5 Å². The van der Waals surface area contributed by atoms with Crippen LogP contribution in [0.2, 0.25) is 0 Å². The van der Waals surface area contributed by atoms with Crippen LogP contribution in [0.15, 0.2) is 18.3 Å². The Hall–Kier alpha value is -2.21. The molecular formula is C17H22N4O2. The molecule has 0 bridgehead atoms. The van der Waals surface area contributed by atoms with Crippen molar-refractivity contribution in [3.8, 4) is 17.1 Å². The Bertz CT molecular complexity index is 705. The van der Waals surface area contributed by atoms with E-state index < -0.39 is 0 Å². The van der Waals surface area contributed by atoms with Crippen LogP contribution in [0.1, 0.15) is 36.8 Å². The summed E-state index contributed by atoms with van der Waals surface area (Å²) >= 11 is 0. The van der Waals surface area contributed by atoms with Gasteiger partial charge in [-0.1, -0.05) is 12.8 Å². The molecule has 122 valence electrons. The molecule has 2 heterocycles. The zero-order valence-corrected chi connectivity index (χ0v) is 13.5. The molecule has 1 fully saturated rings. The molecule has 2 atom stereocenters. The predicted molar refractivity (Wildman–Crippen MR) is 88.3 cm³/mol. The molecule has 1 aliphatic carbocycles. The summed E-state index contributed by atoms with van der Waals surface area (Å²) in [6, 6.07) is 3.56. The molecule has 3 rings (SSSR count). The van der Waals surface area contributed by atoms with Crippen molar-refractivity contribution in [1.29, 1.82) is 0 Å². The fourth-order valence-electron chi connectivity index (χ4n) is 3.00. The summed E-state index contributed by atoms with van der Waals surface area (Å²) in [4.78, 5) is 4.25. The first-order valence-electron chi connectivity index (χ1n) is 7.99. The first kappa shape index (κ1) is 15.7. The van der Waals surface area contributed by atoms with E-state index in [1.807, 2.05) is 19.9 Å². The van der Waals surface area contributed by atoms with Crippen LogP contribution in [0.4, 0.5) is 5.82 Å². The Kier molecular flexibility index (Phi) is 4.43. The number of anilines is 1. The molecule has 0 radical (unpaired) electrons. The van der Waals surface area contributed by atoms with Gasteiger partial charge in [0.15, 0.2) is 0 Å². The molecule has 23 heavy (non-hydrogen) atoms. The van der Waals surface area contributed by atoms with Crippen molar-refractivity contribution in [1.82, 2.24) is 15.2 Å². The zero-order chi connectivity index (χ0) is 16.4. The quantitative estimate of drug-likeness (QED) is 0.806. The molecular weight excluding hydrogens is 292 g/mol. The molecule has 1 aliphatic rings. The second-order valence-corrected chi connectivity index (χ2v) is 6.24. The van der Waals surface area contributed by atoms with E-state index in [1.165, 1.54) is 0 Å². The Morgan fingerprint density at radius 1 is 1.09 bits per heavy atom. The Morgan fingerprint density at radius 3 is 2.57 bits per heavy atom. The minimum Gasteiger partial charge on any atom is -0.506 e. The van der Waals surface area contributed by atoms with Gasteiger partial charge in [0.25, 0.3) is 0 Å². The third-order valence-corrected chi connectivity index (χ3v) is 4.28. The third kappa shape index (κ3) is 3.42. The molecule has 3 N–H and O–H groups in total. The number of aromatic hydroxyl groups is 1. The van der Waals surface area contributed by atoms with Gasteiger partial charge >= 0.3 is 0 Å². The van der Waals surface area contributed by atoms with Gasteiger partial charge in [-0.05, 0) is 49.9 Å². The van der Waals surface area contributed by atoms with E-state index in [0.717, 1.165) is 36.8 Å². The van der Waals surface area contributed by atoms with E-state index in [1.54, 1.807) is 12.3 Å². The molecule has 0 spiro atoms. The van der Waals surface area contributed by atoms with Crippen LogP contribution < -0.4 is 5.32 Å². The Balaban J connectivity index is 1.83. The number of aromatic nitrogens is 3. The first-order valence-corrected chi connectivity index (χ1v) is 7.99. The summed E-state index contributed by atoms with van der Waals surface area (Å²) < 4.78 is 0.